The summed E-state index contributed by atoms with van der Waals surface area (Å²) in [6.07, 6.45) is 5.71. The van der Waals surface area contributed by atoms with Crippen LogP contribution in [-0.2, 0) is 5.41 Å². The number of aliphatic hydroxyl groups excluding tert-OH is 1. The van der Waals surface area contributed by atoms with Crippen molar-refractivity contribution in [1.82, 2.24) is 9.59 Å². The van der Waals surface area contributed by atoms with Crippen molar-refractivity contribution in [2.24, 2.45) is 5.92 Å². The van der Waals surface area contributed by atoms with Crippen molar-refractivity contribution >= 4 is 11.5 Å². The van der Waals surface area contributed by atoms with E-state index in [0.717, 1.165) is 17.0 Å². The lowest BCUT2D eigenvalue weighted by atomic mass is 9.89. The highest BCUT2D eigenvalue weighted by molar-refractivity contribution is 7.05. The van der Waals surface area contributed by atoms with Crippen LogP contribution in [0.25, 0.3) is 0 Å². The second kappa shape index (κ2) is 5.02. The standard InChI is InChI=1S/C13H22N2OS/c1-13(2,3)12-11(17-15-14-12)10(16)8-9-6-4-5-7-9/h9-10,16H,4-8H2,1-3H3. The summed E-state index contributed by atoms with van der Waals surface area (Å²) in [7, 11) is 0. The fraction of sp³-hybridized carbons (Fsp3) is 0.846. The molecule has 1 atom stereocenters. The first-order valence-electron chi connectivity index (χ1n) is 6.49. The first-order chi connectivity index (χ1) is 7.98. The number of nitrogens with zero attached hydrogens (tertiary/aromatic N) is 2. The first kappa shape index (κ1) is 13.0. The van der Waals surface area contributed by atoms with Crippen LogP contribution in [0.15, 0.2) is 0 Å². The Morgan fingerprint density at radius 3 is 2.59 bits per heavy atom. The molecule has 1 unspecified atom stereocenters. The molecule has 1 aromatic rings. The number of aromatic nitrogens is 2. The maximum absolute atomic E-state index is 10.3. The Labute approximate surface area is 107 Å². The van der Waals surface area contributed by atoms with Gasteiger partial charge in [-0.3, -0.25) is 0 Å². The van der Waals surface area contributed by atoms with Crippen LogP contribution >= 0.6 is 11.5 Å². The van der Waals surface area contributed by atoms with E-state index in [1.807, 2.05) is 0 Å². The van der Waals surface area contributed by atoms with Crippen molar-refractivity contribution < 1.29 is 5.11 Å². The molecule has 0 bridgehead atoms. The zero-order valence-electron chi connectivity index (χ0n) is 10.9. The Morgan fingerprint density at radius 1 is 1.35 bits per heavy atom. The Balaban J connectivity index is 2.08. The van der Waals surface area contributed by atoms with Crippen LogP contribution in [0.5, 0.6) is 0 Å². The normalized spacial score (nSPS) is 19.8. The first-order valence-corrected chi connectivity index (χ1v) is 7.26. The zero-order chi connectivity index (χ0) is 12.5. The van der Waals surface area contributed by atoms with E-state index in [9.17, 15) is 5.11 Å². The van der Waals surface area contributed by atoms with Gasteiger partial charge in [0.1, 0.15) is 0 Å². The Morgan fingerprint density at radius 2 is 2.00 bits per heavy atom. The van der Waals surface area contributed by atoms with Crippen LogP contribution in [0.1, 0.15) is 69.6 Å². The van der Waals surface area contributed by atoms with E-state index in [1.54, 1.807) is 0 Å². The fourth-order valence-electron chi connectivity index (χ4n) is 2.60. The van der Waals surface area contributed by atoms with Gasteiger partial charge in [0, 0.05) is 5.41 Å². The summed E-state index contributed by atoms with van der Waals surface area (Å²) in [4.78, 5) is 0.976. The van der Waals surface area contributed by atoms with E-state index >= 15 is 0 Å². The lowest BCUT2D eigenvalue weighted by Gasteiger charge is -2.20. The van der Waals surface area contributed by atoms with Crippen molar-refractivity contribution in [1.29, 1.82) is 0 Å². The second-order valence-corrected chi connectivity index (χ2v) is 6.92. The predicted octanol–water partition coefficient (Wildman–Crippen LogP) is 3.45. The fourth-order valence-corrected chi connectivity index (χ4v) is 3.47. The van der Waals surface area contributed by atoms with E-state index in [2.05, 4.69) is 30.4 Å². The lowest BCUT2D eigenvalue weighted by molar-refractivity contribution is 0.146. The van der Waals surface area contributed by atoms with Gasteiger partial charge in [-0.1, -0.05) is 50.9 Å². The van der Waals surface area contributed by atoms with E-state index in [1.165, 1.54) is 37.2 Å². The molecule has 0 amide bonds. The molecule has 0 spiro atoms. The molecule has 2 rings (SSSR count). The van der Waals surface area contributed by atoms with Gasteiger partial charge >= 0.3 is 0 Å². The van der Waals surface area contributed by atoms with Gasteiger partial charge in [0.05, 0.1) is 16.7 Å². The van der Waals surface area contributed by atoms with Gasteiger partial charge in [0.2, 0.25) is 0 Å². The highest BCUT2D eigenvalue weighted by Crippen LogP contribution is 2.37. The largest absolute Gasteiger partial charge is 0.387 e. The van der Waals surface area contributed by atoms with Crippen LogP contribution in [0.2, 0.25) is 0 Å². The smallest absolute Gasteiger partial charge is 0.0920 e. The summed E-state index contributed by atoms with van der Waals surface area (Å²) in [5, 5.41) is 14.5. The van der Waals surface area contributed by atoms with Crippen molar-refractivity contribution in [3.8, 4) is 0 Å². The van der Waals surface area contributed by atoms with Crippen molar-refractivity contribution in [3.63, 3.8) is 0 Å². The van der Waals surface area contributed by atoms with E-state index in [4.69, 9.17) is 0 Å². The Kier molecular flexibility index (Phi) is 3.83. The lowest BCUT2D eigenvalue weighted by Crippen LogP contribution is -2.16. The summed E-state index contributed by atoms with van der Waals surface area (Å²) < 4.78 is 4.02. The molecule has 1 heterocycles. The molecule has 1 fully saturated rings. The minimum absolute atomic E-state index is 0.0288. The van der Waals surface area contributed by atoms with Gasteiger partial charge < -0.3 is 5.11 Å². The van der Waals surface area contributed by atoms with Gasteiger partial charge in [-0.25, -0.2) is 0 Å². The average molecular weight is 254 g/mol. The molecular weight excluding hydrogens is 232 g/mol. The third-order valence-corrected chi connectivity index (χ3v) is 4.38. The molecule has 1 saturated carbocycles. The molecule has 0 aromatic carbocycles. The number of aliphatic hydroxyl groups is 1. The zero-order valence-corrected chi connectivity index (χ0v) is 11.8. The summed E-state index contributed by atoms with van der Waals surface area (Å²) in [6, 6.07) is 0. The molecule has 1 aromatic heterocycles. The molecule has 0 radical (unpaired) electrons. The molecule has 3 nitrogen and oxygen atoms in total. The predicted molar refractivity (Wildman–Crippen MR) is 70.1 cm³/mol. The Bertz CT molecular complexity index is 364. The van der Waals surface area contributed by atoms with Gasteiger partial charge in [-0.15, -0.1) is 5.10 Å². The minimum atomic E-state index is -0.368. The minimum Gasteiger partial charge on any atom is -0.387 e. The van der Waals surface area contributed by atoms with Crippen LogP contribution in [-0.4, -0.2) is 14.7 Å². The van der Waals surface area contributed by atoms with Gasteiger partial charge in [-0.05, 0) is 23.9 Å². The van der Waals surface area contributed by atoms with Gasteiger partial charge in [0.15, 0.2) is 0 Å². The summed E-state index contributed by atoms with van der Waals surface area (Å²) in [5.41, 5.74) is 0.937. The van der Waals surface area contributed by atoms with E-state index in [0.29, 0.717) is 5.92 Å². The quantitative estimate of drug-likeness (QED) is 0.898. The molecule has 4 heteroatoms. The summed E-state index contributed by atoms with van der Waals surface area (Å²) >= 11 is 1.36. The maximum atomic E-state index is 10.3. The van der Waals surface area contributed by atoms with Gasteiger partial charge in [-0.2, -0.15) is 0 Å². The average Bonchev–Trinajstić information content (AvgIpc) is 2.85. The van der Waals surface area contributed by atoms with E-state index in [-0.39, 0.29) is 11.5 Å². The monoisotopic (exact) mass is 254 g/mol. The number of rotatable bonds is 3. The van der Waals surface area contributed by atoms with Gasteiger partial charge in [0.25, 0.3) is 0 Å². The summed E-state index contributed by atoms with van der Waals surface area (Å²) in [5.74, 6) is 0.694. The maximum Gasteiger partial charge on any atom is 0.0920 e. The van der Waals surface area contributed by atoms with Crippen molar-refractivity contribution in [2.75, 3.05) is 0 Å². The van der Waals surface area contributed by atoms with Crippen molar-refractivity contribution in [3.05, 3.63) is 10.6 Å². The topological polar surface area (TPSA) is 46.0 Å². The van der Waals surface area contributed by atoms with Crippen LogP contribution in [0.3, 0.4) is 0 Å². The second-order valence-electron chi connectivity index (χ2n) is 6.14. The molecule has 17 heavy (non-hydrogen) atoms. The van der Waals surface area contributed by atoms with E-state index < -0.39 is 0 Å². The molecular formula is C13H22N2OS. The molecule has 1 N–H and O–H groups in total. The number of hydrogen-bond donors (Lipinski definition) is 1. The third-order valence-electron chi connectivity index (χ3n) is 3.56. The van der Waals surface area contributed by atoms with Crippen LogP contribution < -0.4 is 0 Å². The SMILES string of the molecule is CC(C)(C)c1nnsc1C(O)CC1CCCC1. The molecule has 96 valence electrons. The Hall–Kier alpha value is -0.480. The van der Waals surface area contributed by atoms with Crippen molar-refractivity contribution in [2.45, 2.75) is 64.4 Å². The molecule has 0 aliphatic heterocycles. The van der Waals surface area contributed by atoms with Crippen LogP contribution in [0.4, 0.5) is 0 Å². The highest BCUT2D eigenvalue weighted by Gasteiger charge is 2.28. The molecule has 1 aliphatic carbocycles. The molecule has 0 saturated heterocycles. The number of hydrogen-bond acceptors (Lipinski definition) is 4. The van der Waals surface area contributed by atoms with Crippen LogP contribution in [0, 0.1) is 5.92 Å². The summed E-state index contributed by atoms with van der Waals surface area (Å²) in [6.45, 7) is 6.36. The molecule has 1 aliphatic rings. The third kappa shape index (κ3) is 3.05. The highest BCUT2D eigenvalue weighted by atomic mass is 32.1.